The molecule has 1 aromatic heterocycles. The first-order valence-corrected chi connectivity index (χ1v) is 5.70. The minimum Gasteiger partial charge on any atom is -0.478 e. The normalized spacial score (nSPS) is 10.3. The van der Waals surface area contributed by atoms with Crippen LogP contribution in [-0.2, 0) is 0 Å². The van der Waals surface area contributed by atoms with Crippen LogP contribution in [0, 0.1) is 0 Å². The quantitative estimate of drug-likeness (QED) is 0.886. The Balaban J connectivity index is 2.73. The first-order valence-electron chi connectivity index (χ1n) is 4.94. The van der Waals surface area contributed by atoms with Crippen molar-refractivity contribution in [2.24, 2.45) is 0 Å². The summed E-state index contributed by atoms with van der Waals surface area (Å²) >= 11 is 12.1. The molecule has 0 aliphatic carbocycles. The molecule has 0 aliphatic heterocycles. The van der Waals surface area contributed by atoms with E-state index in [9.17, 15) is 4.79 Å². The lowest BCUT2D eigenvalue weighted by atomic mass is 10.1. The summed E-state index contributed by atoms with van der Waals surface area (Å²) in [5.41, 5.74) is 6.50. The molecule has 0 spiro atoms. The van der Waals surface area contributed by atoms with Gasteiger partial charge in [0.2, 0.25) is 0 Å². The van der Waals surface area contributed by atoms with Crippen molar-refractivity contribution in [3.8, 4) is 11.3 Å². The van der Waals surface area contributed by atoms with Crippen molar-refractivity contribution in [1.29, 1.82) is 0 Å². The van der Waals surface area contributed by atoms with Gasteiger partial charge in [-0.25, -0.2) is 4.79 Å². The number of aromatic nitrogens is 1. The number of anilines is 1. The largest absolute Gasteiger partial charge is 0.478 e. The van der Waals surface area contributed by atoms with Crippen molar-refractivity contribution >= 4 is 34.9 Å². The van der Waals surface area contributed by atoms with Crippen LogP contribution < -0.4 is 5.73 Å². The van der Waals surface area contributed by atoms with Gasteiger partial charge in [0.25, 0.3) is 0 Å². The Kier molecular flexibility index (Phi) is 3.41. The van der Waals surface area contributed by atoms with Crippen LogP contribution in [-0.4, -0.2) is 16.1 Å². The lowest BCUT2D eigenvalue weighted by Crippen LogP contribution is -2.05. The average molecular weight is 283 g/mol. The standard InChI is InChI=1S/C12H8Cl2N2O2/c13-7-2-1-3-8(14)9(7)11-10(15)6(12(17)18)4-5-16-11/h1-5H,15H2,(H,17,18). The maximum atomic E-state index is 11.0. The first kappa shape index (κ1) is 12.7. The molecule has 1 aromatic carbocycles. The van der Waals surface area contributed by atoms with E-state index in [0.29, 0.717) is 15.6 Å². The maximum Gasteiger partial charge on any atom is 0.337 e. The number of carbonyl (C=O) groups is 1. The molecule has 0 bridgehead atoms. The molecule has 0 fully saturated rings. The number of rotatable bonds is 2. The lowest BCUT2D eigenvalue weighted by molar-refractivity contribution is 0.0698. The van der Waals surface area contributed by atoms with E-state index in [1.807, 2.05) is 0 Å². The second-order valence-corrected chi connectivity index (χ2v) is 4.34. The van der Waals surface area contributed by atoms with Gasteiger partial charge in [-0.15, -0.1) is 0 Å². The smallest absolute Gasteiger partial charge is 0.337 e. The van der Waals surface area contributed by atoms with Gasteiger partial charge in [0, 0.05) is 11.8 Å². The third kappa shape index (κ3) is 2.12. The van der Waals surface area contributed by atoms with E-state index in [0.717, 1.165) is 0 Å². The number of hydrogen-bond donors (Lipinski definition) is 2. The SMILES string of the molecule is Nc1c(C(=O)O)ccnc1-c1c(Cl)cccc1Cl. The highest BCUT2D eigenvalue weighted by molar-refractivity contribution is 6.39. The molecule has 4 nitrogen and oxygen atoms in total. The molecule has 0 atom stereocenters. The van der Waals surface area contributed by atoms with Crippen LogP contribution in [0.5, 0.6) is 0 Å². The number of nitrogens with zero attached hydrogens (tertiary/aromatic N) is 1. The predicted molar refractivity (Wildman–Crippen MR) is 71.1 cm³/mol. The number of nitrogen functional groups attached to an aromatic ring is 1. The van der Waals surface area contributed by atoms with Crippen molar-refractivity contribution in [2.45, 2.75) is 0 Å². The molecular weight excluding hydrogens is 275 g/mol. The van der Waals surface area contributed by atoms with Gasteiger partial charge in [-0.05, 0) is 18.2 Å². The van der Waals surface area contributed by atoms with Gasteiger partial charge < -0.3 is 10.8 Å². The Bertz CT molecular complexity index is 609. The third-order valence-electron chi connectivity index (χ3n) is 2.42. The Morgan fingerprint density at radius 3 is 2.39 bits per heavy atom. The van der Waals surface area contributed by atoms with Crippen LogP contribution in [0.25, 0.3) is 11.3 Å². The number of pyridine rings is 1. The second kappa shape index (κ2) is 4.84. The monoisotopic (exact) mass is 282 g/mol. The molecule has 0 radical (unpaired) electrons. The molecule has 3 N–H and O–H groups in total. The number of hydrogen-bond acceptors (Lipinski definition) is 3. The molecule has 0 saturated carbocycles. The summed E-state index contributed by atoms with van der Waals surface area (Å²) in [5.74, 6) is -1.13. The lowest BCUT2D eigenvalue weighted by Gasteiger charge is -2.10. The van der Waals surface area contributed by atoms with Crippen LogP contribution in [0.1, 0.15) is 10.4 Å². The summed E-state index contributed by atoms with van der Waals surface area (Å²) in [5, 5.41) is 9.73. The number of carboxylic acids is 1. The van der Waals surface area contributed by atoms with E-state index < -0.39 is 5.97 Å². The number of nitrogens with two attached hydrogens (primary N) is 1. The highest BCUT2D eigenvalue weighted by Gasteiger charge is 2.17. The fourth-order valence-corrected chi connectivity index (χ4v) is 2.16. The van der Waals surface area contributed by atoms with Gasteiger partial charge in [0.15, 0.2) is 0 Å². The van der Waals surface area contributed by atoms with Crippen LogP contribution in [0.3, 0.4) is 0 Å². The molecule has 92 valence electrons. The third-order valence-corrected chi connectivity index (χ3v) is 3.05. The van der Waals surface area contributed by atoms with Crippen LogP contribution >= 0.6 is 23.2 Å². The van der Waals surface area contributed by atoms with E-state index in [-0.39, 0.29) is 16.9 Å². The predicted octanol–water partition coefficient (Wildman–Crippen LogP) is 3.34. The minimum absolute atomic E-state index is 0.0315. The Hall–Kier alpha value is -1.78. The molecule has 2 rings (SSSR count). The number of aromatic carboxylic acids is 1. The summed E-state index contributed by atoms with van der Waals surface area (Å²) in [6.45, 7) is 0. The number of carboxylic acid groups (broad SMARTS) is 1. The van der Waals surface area contributed by atoms with Crippen molar-refractivity contribution in [3.05, 3.63) is 46.1 Å². The zero-order chi connectivity index (χ0) is 13.3. The van der Waals surface area contributed by atoms with E-state index in [1.54, 1.807) is 18.2 Å². The van der Waals surface area contributed by atoms with Crippen molar-refractivity contribution in [2.75, 3.05) is 5.73 Å². The average Bonchev–Trinajstić information content (AvgIpc) is 2.30. The first-order chi connectivity index (χ1) is 8.52. The van der Waals surface area contributed by atoms with Crippen LogP contribution in [0.2, 0.25) is 10.0 Å². The molecule has 6 heteroatoms. The van der Waals surface area contributed by atoms with E-state index in [1.165, 1.54) is 12.3 Å². The van der Waals surface area contributed by atoms with Crippen LogP contribution in [0.15, 0.2) is 30.5 Å². The van der Waals surface area contributed by atoms with E-state index in [4.69, 9.17) is 34.0 Å². The Morgan fingerprint density at radius 1 is 1.22 bits per heavy atom. The van der Waals surface area contributed by atoms with Crippen LogP contribution in [0.4, 0.5) is 5.69 Å². The maximum absolute atomic E-state index is 11.0. The Labute approximate surface area is 113 Å². The van der Waals surface area contributed by atoms with Gasteiger partial charge in [0.1, 0.15) is 0 Å². The Morgan fingerprint density at radius 2 is 1.83 bits per heavy atom. The topological polar surface area (TPSA) is 76.2 Å². The zero-order valence-electron chi connectivity index (χ0n) is 9.02. The number of benzene rings is 1. The minimum atomic E-state index is -1.13. The second-order valence-electron chi connectivity index (χ2n) is 3.52. The summed E-state index contributed by atoms with van der Waals surface area (Å²) < 4.78 is 0. The van der Waals surface area contributed by atoms with Crippen molar-refractivity contribution < 1.29 is 9.90 Å². The molecule has 0 saturated heterocycles. The number of halogens is 2. The fraction of sp³-hybridized carbons (Fsp3) is 0. The fourth-order valence-electron chi connectivity index (χ4n) is 1.58. The van der Waals surface area contributed by atoms with E-state index >= 15 is 0 Å². The molecule has 0 unspecified atom stereocenters. The summed E-state index contributed by atoms with van der Waals surface area (Å²) in [7, 11) is 0. The van der Waals surface area contributed by atoms with Gasteiger partial charge in [0.05, 0.1) is 27.0 Å². The molecule has 2 aromatic rings. The van der Waals surface area contributed by atoms with Crippen molar-refractivity contribution in [3.63, 3.8) is 0 Å². The molecule has 0 amide bonds. The molecule has 18 heavy (non-hydrogen) atoms. The van der Waals surface area contributed by atoms with Gasteiger partial charge >= 0.3 is 5.97 Å². The van der Waals surface area contributed by atoms with Gasteiger partial charge in [-0.3, -0.25) is 4.98 Å². The molecular formula is C12H8Cl2N2O2. The highest BCUT2D eigenvalue weighted by atomic mass is 35.5. The molecule has 1 heterocycles. The summed E-state index contributed by atoms with van der Waals surface area (Å²) in [4.78, 5) is 15.1. The summed E-state index contributed by atoms with van der Waals surface area (Å²) in [6, 6.07) is 6.28. The highest BCUT2D eigenvalue weighted by Crippen LogP contribution is 2.37. The summed E-state index contributed by atoms with van der Waals surface area (Å²) in [6.07, 6.45) is 1.36. The van der Waals surface area contributed by atoms with E-state index in [2.05, 4.69) is 4.98 Å². The van der Waals surface area contributed by atoms with Gasteiger partial charge in [-0.2, -0.15) is 0 Å². The van der Waals surface area contributed by atoms with Crippen molar-refractivity contribution in [1.82, 2.24) is 4.98 Å². The zero-order valence-corrected chi connectivity index (χ0v) is 10.5. The molecule has 0 aliphatic rings. The van der Waals surface area contributed by atoms with Gasteiger partial charge in [-0.1, -0.05) is 29.3 Å².